The molecule has 0 bridgehead atoms. The lowest BCUT2D eigenvalue weighted by Gasteiger charge is -2.17. The third kappa shape index (κ3) is 19.8. The second-order valence-corrected chi connectivity index (χ2v) is 8.02. The molecule has 36 heavy (non-hydrogen) atoms. The fraction of sp³-hybridized carbons (Fsp3) is 0.429. The number of nitrogens with one attached hydrogen (secondary N) is 2. The predicted molar refractivity (Wildman–Crippen MR) is 146 cm³/mol. The normalized spacial score (nSPS) is 10.0. The molecule has 0 aromatic heterocycles. The number of primary amides is 1. The standard InChI is InChI=1S/C12H17NO.C8H10N2O.C6H12O2.C2H4O/c1-9(2)10(3)13-12(14)11-7-5-4-6-8-11;1-6-3-2-4-7(5-6)10-8(9)11;1-3-5-6(7)8-4-2;1-2-3/h4-10H,1-3H3,(H,13,14);2-5H,1H3,(H3,9,10,11);3-5H2,1-2H3;2H,1H3. The maximum Gasteiger partial charge on any atom is 0.316 e. The summed E-state index contributed by atoms with van der Waals surface area (Å²) < 4.78 is 4.64. The summed E-state index contributed by atoms with van der Waals surface area (Å²) in [6, 6.07) is 16.4. The van der Waals surface area contributed by atoms with Crippen molar-refractivity contribution in [1.29, 1.82) is 0 Å². The minimum Gasteiger partial charge on any atom is -0.466 e. The first-order valence-electron chi connectivity index (χ1n) is 12.1. The SMILES string of the molecule is CC(C)C(C)NC(=O)c1ccccc1.CC=O.CCCC(=O)OCC.Cc1cccc(NC(N)=O)c1. The zero-order valence-corrected chi connectivity index (χ0v) is 22.7. The number of amides is 3. The number of hydrogen-bond donors (Lipinski definition) is 3. The Morgan fingerprint density at radius 1 is 1.00 bits per heavy atom. The molecule has 3 amide bonds. The van der Waals surface area contributed by atoms with E-state index < -0.39 is 6.03 Å². The van der Waals surface area contributed by atoms with Crippen LogP contribution in [0.3, 0.4) is 0 Å². The van der Waals surface area contributed by atoms with Crippen LogP contribution in [0, 0.1) is 12.8 Å². The third-order valence-electron chi connectivity index (χ3n) is 4.44. The molecule has 4 N–H and O–H groups in total. The van der Waals surface area contributed by atoms with Crippen molar-refractivity contribution in [3.63, 3.8) is 0 Å². The first kappa shape index (κ1) is 34.5. The van der Waals surface area contributed by atoms with Crippen molar-refractivity contribution in [3.05, 3.63) is 65.7 Å². The van der Waals surface area contributed by atoms with Crippen LogP contribution >= 0.6 is 0 Å². The van der Waals surface area contributed by atoms with Gasteiger partial charge in [-0.1, -0.05) is 51.1 Å². The zero-order chi connectivity index (χ0) is 27.9. The molecule has 8 nitrogen and oxygen atoms in total. The number of hydrogen-bond acceptors (Lipinski definition) is 5. The molecule has 0 aliphatic carbocycles. The summed E-state index contributed by atoms with van der Waals surface area (Å²) in [5.74, 6) is 0.379. The molecule has 2 aromatic carbocycles. The fourth-order valence-corrected chi connectivity index (χ4v) is 2.35. The molecule has 1 atom stereocenters. The average molecular weight is 502 g/mol. The highest BCUT2D eigenvalue weighted by molar-refractivity contribution is 5.94. The molecule has 0 saturated heterocycles. The molecule has 8 heteroatoms. The number of carbonyl (C=O) groups excluding carboxylic acids is 4. The Bertz CT molecular complexity index is 878. The summed E-state index contributed by atoms with van der Waals surface area (Å²) in [4.78, 5) is 41.3. The van der Waals surface area contributed by atoms with Crippen LogP contribution in [0.2, 0.25) is 0 Å². The number of carbonyl (C=O) groups is 4. The lowest BCUT2D eigenvalue weighted by atomic mass is 10.1. The van der Waals surface area contributed by atoms with Gasteiger partial charge in [0.1, 0.15) is 6.29 Å². The highest BCUT2D eigenvalue weighted by Gasteiger charge is 2.11. The summed E-state index contributed by atoms with van der Waals surface area (Å²) in [5.41, 5.74) is 7.47. The van der Waals surface area contributed by atoms with Gasteiger partial charge in [-0.05, 0) is 69.9 Å². The van der Waals surface area contributed by atoms with Gasteiger partial charge < -0.3 is 25.9 Å². The maximum absolute atomic E-state index is 11.6. The van der Waals surface area contributed by atoms with E-state index in [0.717, 1.165) is 29.5 Å². The molecule has 0 saturated carbocycles. The Hall–Kier alpha value is -3.68. The lowest BCUT2D eigenvalue weighted by molar-refractivity contribution is -0.143. The molecule has 0 radical (unpaired) electrons. The van der Waals surface area contributed by atoms with Gasteiger partial charge in [0.25, 0.3) is 5.91 Å². The Balaban J connectivity index is 0. The maximum atomic E-state index is 11.6. The van der Waals surface area contributed by atoms with Gasteiger partial charge in [-0.3, -0.25) is 9.59 Å². The van der Waals surface area contributed by atoms with Crippen molar-refractivity contribution in [1.82, 2.24) is 5.32 Å². The van der Waals surface area contributed by atoms with Gasteiger partial charge in [-0.15, -0.1) is 0 Å². The van der Waals surface area contributed by atoms with E-state index in [1.807, 2.05) is 76.2 Å². The largest absolute Gasteiger partial charge is 0.466 e. The Morgan fingerprint density at radius 3 is 2.03 bits per heavy atom. The molecule has 0 spiro atoms. The number of benzene rings is 2. The number of esters is 1. The minimum atomic E-state index is -0.532. The monoisotopic (exact) mass is 501 g/mol. The van der Waals surface area contributed by atoms with Crippen LogP contribution in [0.1, 0.15) is 70.3 Å². The second-order valence-electron chi connectivity index (χ2n) is 8.02. The van der Waals surface area contributed by atoms with Gasteiger partial charge in [0.05, 0.1) is 6.61 Å². The topological polar surface area (TPSA) is 128 Å². The van der Waals surface area contributed by atoms with E-state index in [1.54, 1.807) is 6.07 Å². The molecular formula is C28H43N3O5. The first-order valence-corrected chi connectivity index (χ1v) is 12.1. The Labute approximate surface area is 216 Å². The second kappa shape index (κ2) is 21.8. The van der Waals surface area contributed by atoms with Crippen LogP contribution < -0.4 is 16.4 Å². The van der Waals surface area contributed by atoms with Crippen LogP contribution in [0.5, 0.6) is 0 Å². The smallest absolute Gasteiger partial charge is 0.316 e. The van der Waals surface area contributed by atoms with Crippen molar-refractivity contribution in [2.24, 2.45) is 11.7 Å². The van der Waals surface area contributed by atoms with Crippen molar-refractivity contribution in [2.45, 2.75) is 67.3 Å². The summed E-state index contributed by atoms with van der Waals surface area (Å²) >= 11 is 0. The molecule has 200 valence electrons. The predicted octanol–water partition coefficient (Wildman–Crippen LogP) is 5.50. The van der Waals surface area contributed by atoms with Gasteiger partial charge in [-0.2, -0.15) is 0 Å². The van der Waals surface area contributed by atoms with Crippen molar-refractivity contribution in [3.8, 4) is 0 Å². The van der Waals surface area contributed by atoms with Crippen LogP contribution in [0.4, 0.5) is 10.5 Å². The van der Waals surface area contributed by atoms with E-state index in [4.69, 9.17) is 10.5 Å². The number of rotatable bonds is 7. The Kier molecular flexibility index (Phi) is 20.9. The van der Waals surface area contributed by atoms with E-state index in [9.17, 15) is 14.4 Å². The van der Waals surface area contributed by atoms with Crippen molar-refractivity contribution in [2.75, 3.05) is 11.9 Å². The fourth-order valence-electron chi connectivity index (χ4n) is 2.35. The molecule has 0 fully saturated rings. The molecule has 2 rings (SSSR count). The van der Waals surface area contributed by atoms with Crippen LogP contribution in [-0.2, 0) is 14.3 Å². The minimum absolute atomic E-state index is 0.00630. The molecule has 1 unspecified atom stereocenters. The van der Waals surface area contributed by atoms with Gasteiger partial charge in [-0.25, -0.2) is 4.79 Å². The third-order valence-corrected chi connectivity index (χ3v) is 4.44. The van der Waals surface area contributed by atoms with Crippen LogP contribution in [-0.4, -0.2) is 36.8 Å². The number of aldehydes is 1. The summed E-state index contributed by atoms with van der Waals surface area (Å²) in [6.45, 7) is 13.9. The lowest BCUT2D eigenvalue weighted by Crippen LogP contribution is -2.36. The van der Waals surface area contributed by atoms with Crippen LogP contribution in [0.25, 0.3) is 0 Å². The van der Waals surface area contributed by atoms with Gasteiger partial charge in [0.2, 0.25) is 0 Å². The molecule has 2 aromatic rings. The van der Waals surface area contributed by atoms with Gasteiger partial charge in [0.15, 0.2) is 0 Å². The highest BCUT2D eigenvalue weighted by atomic mass is 16.5. The highest BCUT2D eigenvalue weighted by Crippen LogP contribution is 2.08. The van der Waals surface area contributed by atoms with E-state index in [-0.39, 0.29) is 17.9 Å². The number of nitrogens with two attached hydrogens (primary N) is 1. The quantitative estimate of drug-likeness (QED) is 0.341. The number of anilines is 1. The van der Waals surface area contributed by atoms with E-state index in [0.29, 0.717) is 18.9 Å². The summed E-state index contributed by atoms with van der Waals surface area (Å²) in [6.07, 6.45) is 2.17. The van der Waals surface area contributed by atoms with Crippen LogP contribution in [0.15, 0.2) is 54.6 Å². The van der Waals surface area contributed by atoms with Gasteiger partial charge in [0, 0.05) is 23.7 Å². The van der Waals surface area contributed by atoms with E-state index >= 15 is 0 Å². The summed E-state index contributed by atoms with van der Waals surface area (Å²) in [7, 11) is 0. The molecule has 0 heterocycles. The molecule has 0 aliphatic heterocycles. The zero-order valence-electron chi connectivity index (χ0n) is 22.7. The number of ether oxygens (including phenoxy) is 1. The van der Waals surface area contributed by atoms with Crippen molar-refractivity contribution >= 4 is 29.9 Å². The summed E-state index contributed by atoms with van der Waals surface area (Å²) in [5, 5.41) is 5.44. The number of aryl methyl sites for hydroxylation is 1. The molecule has 0 aliphatic rings. The number of urea groups is 1. The van der Waals surface area contributed by atoms with E-state index in [1.165, 1.54) is 6.92 Å². The molecular weight excluding hydrogens is 458 g/mol. The van der Waals surface area contributed by atoms with E-state index in [2.05, 4.69) is 29.2 Å². The van der Waals surface area contributed by atoms with Gasteiger partial charge >= 0.3 is 12.0 Å². The average Bonchev–Trinajstić information content (AvgIpc) is 2.81. The first-order chi connectivity index (χ1) is 17.0. The Morgan fingerprint density at radius 2 is 1.58 bits per heavy atom. The van der Waals surface area contributed by atoms with Crippen molar-refractivity contribution < 1.29 is 23.9 Å².